The number of amides is 1. The Morgan fingerprint density at radius 1 is 1.26 bits per heavy atom. The van der Waals surface area contributed by atoms with Gasteiger partial charge in [-0.15, -0.1) is 0 Å². The van der Waals surface area contributed by atoms with Gasteiger partial charge in [-0.1, -0.05) is 58.8 Å². The van der Waals surface area contributed by atoms with Gasteiger partial charge in [0, 0.05) is 19.0 Å². The summed E-state index contributed by atoms with van der Waals surface area (Å²) in [5.41, 5.74) is 6.22. The molecule has 0 aromatic heterocycles. The van der Waals surface area contributed by atoms with Gasteiger partial charge in [0.15, 0.2) is 0 Å². The van der Waals surface area contributed by atoms with Crippen molar-refractivity contribution >= 4 is 5.91 Å². The first-order chi connectivity index (χ1) is 11.1. The van der Waals surface area contributed by atoms with Crippen LogP contribution in [0, 0.1) is 17.2 Å². The van der Waals surface area contributed by atoms with E-state index < -0.39 is 0 Å². The quantitative estimate of drug-likeness (QED) is 0.585. The Morgan fingerprint density at radius 3 is 2.57 bits per heavy atom. The lowest BCUT2D eigenvalue weighted by Crippen LogP contribution is -2.40. The van der Waals surface area contributed by atoms with E-state index in [4.69, 9.17) is 11.0 Å². The molecule has 0 spiro atoms. The Kier molecular flexibility index (Phi) is 9.94. The van der Waals surface area contributed by atoms with Gasteiger partial charge >= 0.3 is 0 Å². The minimum absolute atomic E-state index is 0.0629. The number of carbonyl (C=O) groups is 1. The molecule has 1 heterocycles. The summed E-state index contributed by atoms with van der Waals surface area (Å²) in [6.45, 7) is 5.11. The largest absolute Gasteiger partial charge is 0.327 e. The summed E-state index contributed by atoms with van der Waals surface area (Å²) < 4.78 is 0. The molecule has 4 nitrogen and oxygen atoms in total. The Hall–Kier alpha value is -1.08. The number of rotatable bonds is 11. The molecule has 1 amide bonds. The second kappa shape index (κ2) is 11.5. The highest BCUT2D eigenvalue weighted by Crippen LogP contribution is 2.20. The Balaban J connectivity index is 2.17. The van der Waals surface area contributed by atoms with Crippen LogP contribution in [-0.4, -0.2) is 29.4 Å². The fourth-order valence-electron chi connectivity index (χ4n) is 3.36. The highest BCUT2D eigenvalue weighted by molar-refractivity contribution is 5.77. The zero-order valence-electron chi connectivity index (χ0n) is 15.1. The Bertz CT molecular complexity index is 377. The average molecular weight is 322 g/mol. The topological polar surface area (TPSA) is 70.1 Å². The first-order valence-corrected chi connectivity index (χ1v) is 9.54. The predicted molar refractivity (Wildman–Crippen MR) is 94.7 cm³/mol. The number of nitrogens with zero attached hydrogens (tertiary/aromatic N) is 2. The number of likely N-dealkylation sites (tertiary alicyclic amines) is 1. The zero-order chi connectivity index (χ0) is 17.1. The minimum atomic E-state index is -0.229. The van der Waals surface area contributed by atoms with Crippen LogP contribution in [0.2, 0.25) is 0 Å². The highest BCUT2D eigenvalue weighted by atomic mass is 16.2. The molecule has 3 atom stereocenters. The molecule has 1 aliphatic heterocycles. The summed E-state index contributed by atoms with van der Waals surface area (Å²) in [6.07, 6.45) is 12.4. The summed E-state index contributed by atoms with van der Waals surface area (Å²) in [5.74, 6) is 0.436. The standard InChI is InChI=1S/C19H35N3O/c1-3-4-5-6-7-8-9-11-16(2)18(21)14-19(23)22-13-10-12-17(22)15-20/h16-18H,3-14,21H2,1-2H3/t16?,17-,18?/m0/s1. The van der Waals surface area contributed by atoms with E-state index in [1.165, 1.54) is 44.9 Å². The van der Waals surface area contributed by atoms with E-state index in [2.05, 4.69) is 19.9 Å². The maximum absolute atomic E-state index is 12.3. The average Bonchev–Trinajstić information content (AvgIpc) is 3.02. The molecular weight excluding hydrogens is 286 g/mol. The van der Waals surface area contributed by atoms with Gasteiger partial charge in [-0.3, -0.25) is 4.79 Å². The summed E-state index contributed by atoms with van der Waals surface area (Å²) in [7, 11) is 0. The van der Waals surface area contributed by atoms with E-state index in [1.807, 2.05) is 0 Å². The van der Waals surface area contributed by atoms with Crippen LogP contribution in [-0.2, 0) is 4.79 Å². The lowest BCUT2D eigenvalue weighted by molar-refractivity contribution is -0.131. The third-order valence-corrected chi connectivity index (χ3v) is 5.13. The number of hydrogen-bond acceptors (Lipinski definition) is 3. The highest BCUT2D eigenvalue weighted by Gasteiger charge is 2.29. The first-order valence-electron chi connectivity index (χ1n) is 9.54. The molecule has 1 aliphatic rings. The van der Waals surface area contributed by atoms with Crippen molar-refractivity contribution in [3.8, 4) is 6.07 Å². The van der Waals surface area contributed by atoms with Gasteiger partial charge in [0.05, 0.1) is 6.07 Å². The molecule has 4 heteroatoms. The van der Waals surface area contributed by atoms with E-state index in [9.17, 15) is 4.79 Å². The molecule has 0 aliphatic carbocycles. The number of nitrogens with two attached hydrogens (primary N) is 1. The van der Waals surface area contributed by atoms with Crippen molar-refractivity contribution in [2.75, 3.05) is 6.54 Å². The van der Waals surface area contributed by atoms with Crippen LogP contribution in [0.5, 0.6) is 0 Å². The molecule has 132 valence electrons. The maximum Gasteiger partial charge on any atom is 0.225 e. The summed E-state index contributed by atoms with van der Waals surface area (Å²) >= 11 is 0. The van der Waals surface area contributed by atoms with E-state index in [0.717, 1.165) is 25.8 Å². The summed E-state index contributed by atoms with van der Waals surface area (Å²) in [5, 5.41) is 9.07. The van der Waals surface area contributed by atoms with E-state index in [-0.39, 0.29) is 18.0 Å². The molecule has 2 unspecified atom stereocenters. The molecule has 0 bridgehead atoms. The molecule has 1 rings (SSSR count). The smallest absolute Gasteiger partial charge is 0.225 e. The lowest BCUT2D eigenvalue weighted by atomic mass is 9.93. The van der Waals surface area contributed by atoms with Crippen LogP contribution in [0.4, 0.5) is 0 Å². The van der Waals surface area contributed by atoms with Crippen molar-refractivity contribution in [1.29, 1.82) is 5.26 Å². The molecule has 23 heavy (non-hydrogen) atoms. The van der Waals surface area contributed by atoms with Crippen molar-refractivity contribution in [2.45, 2.75) is 96.6 Å². The van der Waals surface area contributed by atoms with Crippen LogP contribution in [0.1, 0.15) is 84.5 Å². The normalized spacial score (nSPS) is 20.3. The molecule has 2 N–H and O–H groups in total. The van der Waals surface area contributed by atoms with Crippen molar-refractivity contribution in [1.82, 2.24) is 4.90 Å². The Morgan fingerprint density at radius 2 is 1.91 bits per heavy atom. The van der Waals surface area contributed by atoms with Gasteiger partial charge in [0.1, 0.15) is 6.04 Å². The fraction of sp³-hybridized carbons (Fsp3) is 0.895. The van der Waals surface area contributed by atoms with Gasteiger partial charge in [-0.25, -0.2) is 0 Å². The third-order valence-electron chi connectivity index (χ3n) is 5.13. The summed E-state index contributed by atoms with van der Waals surface area (Å²) in [6, 6.07) is 1.91. The van der Waals surface area contributed by atoms with Crippen LogP contribution in [0.25, 0.3) is 0 Å². The molecule has 0 aromatic rings. The van der Waals surface area contributed by atoms with E-state index >= 15 is 0 Å². The minimum Gasteiger partial charge on any atom is -0.327 e. The van der Waals surface area contributed by atoms with Gasteiger partial charge in [0.2, 0.25) is 5.91 Å². The predicted octanol–water partition coefficient (Wildman–Crippen LogP) is 4.00. The zero-order valence-corrected chi connectivity index (χ0v) is 15.1. The molecule has 1 saturated heterocycles. The Labute approximate surface area is 142 Å². The number of nitriles is 1. The molecule has 0 radical (unpaired) electrons. The summed E-state index contributed by atoms with van der Waals surface area (Å²) in [4.78, 5) is 14.0. The van der Waals surface area contributed by atoms with E-state index in [0.29, 0.717) is 12.3 Å². The van der Waals surface area contributed by atoms with Gasteiger partial charge < -0.3 is 10.6 Å². The second-order valence-electron chi connectivity index (χ2n) is 7.13. The first kappa shape index (κ1) is 20.0. The maximum atomic E-state index is 12.3. The number of unbranched alkanes of at least 4 members (excludes halogenated alkanes) is 6. The monoisotopic (exact) mass is 321 g/mol. The lowest BCUT2D eigenvalue weighted by Gasteiger charge is -2.24. The van der Waals surface area contributed by atoms with Gasteiger partial charge in [-0.2, -0.15) is 5.26 Å². The molecular formula is C19H35N3O. The van der Waals surface area contributed by atoms with Crippen LogP contribution in [0.15, 0.2) is 0 Å². The molecule has 1 fully saturated rings. The van der Waals surface area contributed by atoms with Crippen LogP contribution >= 0.6 is 0 Å². The van der Waals surface area contributed by atoms with Crippen molar-refractivity contribution in [3.05, 3.63) is 0 Å². The molecule has 0 saturated carbocycles. The SMILES string of the molecule is CCCCCCCCCC(C)C(N)CC(=O)N1CCC[C@H]1C#N. The second-order valence-corrected chi connectivity index (χ2v) is 7.13. The van der Waals surface area contributed by atoms with Crippen LogP contribution in [0.3, 0.4) is 0 Å². The van der Waals surface area contributed by atoms with Crippen molar-refractivity contribution < 1.29 is 4.79 Å². The number of carbonyl (C=O) groups excluding carboxylic acids is 1. The van der Waals surface area contributed by atoms with E-state index in [1.54, 1.807) is 4.90 Å². The van der Waals surface area contributed by atoms with Crippen LogP contribution < -0.4 is 5.73 Å². The third kappa shape index (κ3) is 7.35. The molecule has 0 aromatic carbocycles. The fourth-order valence-corrected chi connectivity index (χ4v) is 3.36. The van der Waals surface area contributed by atoms with Gasteiger partial charge in [-0.05, 0) is 25.2 Å². The number of hydrogen-bond donors (Lipinski definition) is 1. The van der Waals surface area contributed by atoms with Crippen molar-refractivity contribution in [2.24, 2.45) is 11.7 Å². The van der Waals surface area contributed by atoms with Gasteiger partial charge in [0.25, 0.3) is 0 Å². The van der Waals surface area contributed by atoms with Crippen molar-refractivity contribution in [3.63, 3.8) is 0 Å².